The zero-order valence-corrected chi connectivity index (χ0v) is 12.0. The number of nitrogens with zero attached hydrogens (tertiary/aromatic N) is 3. The lowest BCUT2D eigenvalue weighted by molar-refractivity contribution is -0.141. The Balaban J connectivity index is 2.07. The molecule has 0 aliphatic heterocycles. The first-order chi connectivity index (χ1) is 10.5. The molecule has 0 radical (unpaired) electrons. The Morgan fingerprint density at radius 2 is 1.82 bits per heavy atom. The van der Waals surface area contributed by atoms with Crippen LogP contribution in [-0.4, -0.2) is 28.0 Å². The first kappa shape index (κ1) is 16.0. The highest BCUT2D eigenvalue weighted by molar-refractivity contribution is 5.43. The average molecular weight is 311 g/mol. The van der Waals surface area contributed by atoms with Gasteiger partial charge in [-0.25, -0.2) is 4.98 Å². The molecule has 0 bridgehead atoms. The van der Waals surface area contributed by atoms with Crippen molar-refractivity contribution in [2.24, 2.45) is 0 Å². The van der Waals surface area contributed by atoms with Crippen molar-refractivity contribution < 1.29 is 13.2 Å². The molecule has 118 valence electrons. The minimum atomic E-state index is -4.51. The predicted molar refractivity (Wildman–Crippen MR) is 77.6 cm³/mol. The van der Waals surface area contributed by atoms with E-state index in [1.54, 1.807) is 19.3 Å². The van der Waals surface area contributed by atoms with E-state index in [9.17, 15) is 13.2 Å². The van der Waals surface area contributed by atoms with Gasteiger partial charge >= 0.3 is 6.18 Å². The van der Waals surface area contributed by atoms with Gasteiger partial charge < -0.3 is 10.6 Å². The largest absolute Gasteiger partial charge is 0.433 e. The summed E-state index contributed by atoms with van der Waals surface area (Å²) in [6.45, 7) is 2.67. The molecule has 0 aliphatic carbocycles. The maximum atomic E-state index is 12.8. The molecule has 2 rings (SSSR count). The van der Waals surface area contributed by atoms with Crippen LogP contribution in [0, 0.1) is 0 Å². The topological polar surface area (TPSA) is 62.7 Å². The summed E-state index contributed by atoms with van der Waals surface area (Å²) in [5.41, 5.74) is 0.0735. The predicted octanol–water partition coefficient (Wildman–Crippen LogP) is 2.98. The summed E-state index contributed by atoms with van der Waals surface area (Å²) in [7, 11) is 0. The van der Waals surface area contributed by atoms with Crippen LogP contribution in [0.2, 0.25) is 0 Å². The van der Waals surface area contributed by atoms with Gasteiger partial charge in [0.1, 0.15) is 5.82 Å². The highest BCUT2D eigenvalue weighted by Crippen LogP contribution is 2.29. The van der Waals surface area contributed by atoms with Crippen LogP contribution in [0.4, 0.5) is 24.9 Å². The molecular formula is C14H16F3N5. The van der Waals surface area contributed by atoms with Crippen LogP contribution in [0.5, 0.6) is 0 Å². The monoisotopic (exact) mass is 311 g/mol. The summed E-state index contributed by atoms with van der Waals surface area (Å²) in [4.78, 5) is 11.4. The summed E-state index contributed by atoms with van der Waals surface area (Å²) in [5.74, 6) is 0.107. The molecule has 2 N–H and O–H groups in total. The molecule has 0 fully saturated rings. The number of aromatic nitrogens is 3. The van der Waals surface area contributed by atoms with Gasteiger partial charge in [-0.05, 0) is 31.0 Å². The average Bonchev–Trinajstić information content (AvgIpc) is 2.48. The van der Waals surface area contributed by atoms with E-state index in [-0.39, 0.29) is 11.8 Å². The van der Waals surface area contributed by atoms with Gasteiger partial charge in [-0.3, -0.25) is 4.98 Å². The van der Waals surface area contributed by atoms with Crippen molar-refractivity contribution in [1.82, 2.24) is 15.0 Å². The zero-order chi connectivity index (χ0) is 16.0. The molecule has 5 nitrogen and oxygen atoms in total. The Hall–Kier alpha value is -2.38. The molecular weight excluding hydrogens is 295 g/mol. The van der Waals surface area contributed by atoms with Crippen LogP contribution >= 0.6 is 0 Å². The lowest BCUT2D eigenvalue weighted by Gasteiger charge is -2.12. The minimum Gasteiger partial charge on any atom is -0.370 e. The molecule has 22 heavy (non-hydrogen) atoms. The number of hydrogen-bond acceptors (Lipinski definition) is 5. The van der Waals surface area contributed by atoms with Gasteiger partial charge in [0.2, 0.25) is 5.95 Å². The second-order valence-electron chi connectivity index (χ2n) is 4.52. The van der Waals surface area contributed by atoms with Gasteiger partial charge in [-0.2, -0.15) is 18.2 Å². The quantitative estimate of drug-likeness (QED) is 0.859. The van der Waals surface area contributed by atoms with Gasteiger partial charge in [0.15, 0.2) is 5.69 Å². The van der Waals surface area contributed by atoms with Crippen molar-refractivity contribution in [2.45, 2.75) is 19.5 Å². The molecule has 0 atom stereocenters. The highest BCUT2D eigenvalue weighted by Gasteiger charge is 2.33. The van der Waals surface area contributed by atoms with Crippen LogP contribution in [0.15, 0.2) is 30.6 Å². The molecule has 2 aromatic rings. The second-order valence-corrected chi connectivity index (χ2v) is 4.52. The Bertz CT molecular complexity index is 601. The standard InChI is InChI=1S/C14H16F3N5/c1-2-19-13-21-11(14(15,16)17)9-12(22-13)20-8-5-10-3-6-18-7-4-10/h3-4,6-7,9H,2,5,8H2,1H3,(H2,19,20,21,22). The Morgan fingerprint density at radius 1 is 1.09 bits per heavy atom. The van der Waals surface area contributed by atoms with Crippen molar-refractivity contribution in [2.75, 3.05) is 23.7 Å². The van der Waals surface area contributed by atoms with Crippen molar-refractivity contribution in [3.63, 3.8) is 0 Å². The Kier molecular flexibility index (Phi) is 5.13. The number of hydrogen-bond donors (Lipinski definition) is 2. The molecule has 2 aromatic heterocycles. The lowest BCUT2D eigenvalue weighted by atomic mass is 10.2. The fourth-order valence-electron chi connectivity index (χ4n) is 1.80. The van der Waals surface area contributed by atoms with E-state index in [2.05, 4.69) is 25.6 Å². The third-order valence-corrected chi connectivity index (χ3v) is 2.82. The van der Waals surface area contributed by atoms with Crippen molar-refractivity contribution in [3.05, 3.63) is 41.9 Å². The highest BCUT2D eigenvalue weighted by atomic mass is 19.4. The van der Waals surface area contributed by atoms with Crippen LogP contribution in [0.1, 0.15) is 18.2 Å². The molecule has 0 amide bonds. The van der Waals surface area contributed by atoms with Gasteiger partial charge in [0.05, 0.1) is 0 Å². The molecule has 0 unspecified atom stereocenters. The number of nitrogens with one attached hydrogen (secondary N) is 2. The van der Waals surface area contributed by atoms with E-state index in [4.69, 9.17) is 0 Å². The third-order valence-electron chi connectivity index (χ3n) is 2.82. The minimum absolute atomic E-state index is 0.0382. The van der Waals surface area contributed by atoms with E-state index in [1.165, 1.54) is 0 Å². The summed E-state index contributed by atoms with van der Waals surface area (Å²) in [6, 6.07) is 4.62. The zero-order valence-electron chi connectivity index (χ0n) is 12.0. The number of rotatable bonds is 6. The van der Waals surface area contributed by atoms with Crippen LogP contribution in [-0.2, 0) is 12.6 Å². The van der Waals surface area contributed by atoms with E-state index in [0.29, 0.717) is 19.5 Å². The molecule has 0 spiro atoms. The summed E-state index contributed by atoms with van der Waals surface area (Å²) < 4.78 is 38.5. The van der Waals surface area contributed by atoms with Crippen molar-refractivity contribution in [3.8, 4) is 0 Å². The first-order valence-corrected chi connectivity index (χ1v) is 6.82. The van der Waals surface area contributed by atoms with Crippen molar-refractivity contribution in [1.29, 1.82) is 0 Å². The molecule has 2 heterocycles. The Labute approximate surface area is 126 Å². The number of alkyl halides is 3. The maximum absolute atomic E-state index is 12.8. The SMILES string of the molecule is CCNc1nc(NCCc2ccncc2)cc(C(F)(F)F)n1. The normalized spacial score (nSPS) is 11.3. The number of pyridine rings is 1. The fourth-order valence-corrected chi connectivity index (χ4v) is 1.80. The van der Waals surface area contributed by atoms with E-state index in [0.717, 1.165) is 11.6 Å². The molecule has 8 heteroatoms. The lowest BCUT2D eigenvalue weighted by Crippen LogP contribution is -2.15. The first-order valence-electron chi connectivity index (χ1n) is 6.82. The number of halogens is 3. The molecule has 0 saturated heterocycles. The maximum Gasteiger partial charge on any atom is 0.433 e. The third kappa shape index (κ3) is 4.57. The van der Waals surface area contributed by atoms with Gasteiger partial charge in [0, 0.05) is 31.5 Å². The molecule has 0 aromatic carbocycles. The number of anilines is 2. The molecule has 0 saturated carbocycles. The Morgan fingerprint density at radius 3 is 2.45 bits per heavy atom. The second kappa shape index (κ2) is 7.06. The van der Waals surface area contributed by atoms with Crippen LogP contribution in [0.3, 0.4) is 0 Å². The van der Waals surface area contributed by atoms with Crippen LogP contribution in [0.25, 0.3) is 0 Å². The summed E-state index contributed by atoms with van der Waals surface area (Å²) in [6.07, 6.45) is -0.505. The van der Waals surface area contributed by atoms with Gasteiger partial charge in [-0.1, -0.05) is 0 Å². The molecule has 0 aliphatic rings. The smallest absolute Gasteiger partial charge is 0.370 e. The van der Waals surface area contributed by atoms with E-state index in [1.807, 2.05) is 12.1 Å². The van der Waals surface area contributed by atoms with Crippen LogP contribution < -0.4 is 10.6 Å². The van der Waals surface area contributed by atoms with E-state index < -0.39 is 11.9 Å². The summed E-state index contributed by atoms with van der Waals surface area (Å²) in [5, 5.41) is 5.59. The van der Waals surface area contributed by atoms with Gasteiger partial charge in [0.25, 0.3) is 0 Å². The van der Waals surface area contributed by atoms with Crippen molar-refractivity contribution >= 4 is 11.8 Å². The van der Waals surface area contributed by atoms with E-state index >= 15 is 0 Å². The van der Waals surface area contributed by atoms with Gasteiger partial charge in [-0.15, -0.1) is 0 Å². The summed E-state index contributed by atoms with van der Waals surface area (Å²) >= 11 is 0. The fraction of sp³-hybridized carbons (Fsp3) is 0.357.